The smallest absolute Gasteiger partial charge is 0.219 e. The molecular weight excluding hydrogens is 188 g/mol. The van der Waals surface area contributed by atoms with Gasteiger partial charge in [-0.2, -0.15) is 0 Å². The van der Waals surface area contributed by atoms with E-state index >= 15 is 0 Å². The van der Waals surface area contributed by atoms with E-state index in [0.29, 0.717) is 5.41 Å². The molecule has 2 saturated heterocycles. The number of amides is 1. The highest BCUT2D eigenvalue weighted by Gasteiger charge is 2.45. The number of carbonyl (C=O) groups excluding carboxylic acids is 1. The van der Waals surface area contributed by atoms with Gasteiger partial charge in [-0.3, -0.25) is 4.79 Å². The summed E-state index contributed by atoms with van der Waals surface area (Å²) in [6.07, 6.45) is 2.54. The van der Waals surface area contributed by atoms with Gasteiger partial charge in [0.05, 0.1) is 0 Å². The second-order valence-electron chi connectivity index (χ2n) is 4.68. The summed E-state index contributed by atoms with van der Waals surface area (Å²) in [7, 11) is 2.17. The van der Waals surface area contributed by atoms with Gasteiger partial charge in [0, 0.05) is 25.4 Å². The fourth-order valence-corrected chi connectivity index (χ4v) is 2.40. The van der Waals surface area contributed by atoms with Crippen LogP contribution < -0.4 is 0 Å². The Morgan fingerprint density at radius 2 is 1.60 bits per heavy atom. The van der Waals surface area contributed by atoms with Gasteiger partial charge in [-0.1, -0.05) is 13.8 Å². The molecule has 0 aromatic rings. The minimum absolute atomic E-state index is 0.240. The van der Waals surface area contributed by atoms with E-state index in [9.17, 15) is 4.79 Å². The van der Waals surface area contributed by atoms with Crippen LogP contribution >= 0.6 is 0 Å². The van der Waals surface area contributed by atoms with Crippen molar-refractivity contribution in [3.05, 3.63) is 0 Å². The van der Waals surface area contributed by atoms with E-state index in [-0.39, 0.29) is 5.91 Å². The first-order valence-electron chi connectivity index (χ1n) is 6.05. The van der Waals surface area contributed by atoms with Crippen molar-refractivity contribution in [3.8, 4) is 0 Å². The van der Waals surface area contributed by atoms with E-state index in [1.165, 1.54) is 25.9 Å². The van der Waals surface area contributed by atoms with Crippen LogP contribution in [0.3, 0.4) is 0 Å². The zero-order valence-electron chi connectivity index (χ0n) is 10.5. The van der Waals surface area contributed by atoms with E-state index < -0.39 is 0 Å². The summed E-state index contributed by atoms with van der Waals surface area (Å²) in [4.78, 5) is 15.4. The van der Waals surface area contributed by atoms with Crippen molar-refractivity contribution < 1.29 is 4.79 Å². The number of carbonyl (C=O) groups is 1. The quantitative estimate of drug-likeness (QED) is 0.609. The Bertz CT molecular complexity index is 212. The lowest BCUT2D eigenvalue weighted by Crippen LogP contribution is -2.61. The molecule has 1 spiro atoms. The number of rotatable bonds is 0. The van der Waals surface area contributed by atoms with Crippen molar-refractivity contribution in [1.29, 1.82) is 0 Å². The third kappa shape index (κ3) is 2.71. The van der Waals surface area contributed by atoms with Crippen LogP contribution in [0.4, 0.5) is 0 Å². The highest BCUT2D eigenvalue weighted by Crippen LogP contribution is 2.39. The molecule has 0 N–H and O–H groups in total. The molecule has 15 heavy (non-hydrogen) atoms. The van der Waals surface area contributed by atoms with Gasteiger partial charge in [0.1, 0.15) is 0 Å². The highest BCUT2D eigenvalue weighted by molar-refractivity contribution is 5.74. The number of hydrogen-bond donors (Lipinski definition) is 0. The van der Waals surface area contributed by atoms with Crippen LogP contribution in [-0.2, 0) is 4.79 Å². The standard InChI is InChI=1S/C10H18N2O.C2H6/c1-9(13)12-7-10(8-12)3-5-11(2)6-4-10;1-2/h3-8H2,1-2H3;1-2H3. The molecule has 0 unspecified atom stereocenters. The van der Waals surface area contributed by atoms with E-state index in [1.54, 1.807) is 6.92 Å². The maximum absolute atomic E-state index is 11.0. The first kappa shape index (κ1) is 12.5. The third-order valence-electron chi connectivity index (χ3n) is 3.55. The summed E-state index contributed by atoms with van der Waals surface area (Å²) >= 11 is 0. The van der Waals surface area contributed by atoms with Gasteiger partial charge in [-0.15, -0.1) is 0 Å². The monoisotopic (exact) mass is 212 g/mol. The van der Waals surface area contributed by atoms with Crippen molar-refractivity contribution in [2.45, 2.75) is 33.6 Å². The molecule has 3 heteroatoms. The van der Waals surface area contributed by atoms with Gasteiger partial charge in [-0.25, -0.2) is 0 Å². The molecule has 0 radical (unpaired) electrons. The van der Waals surface area contributed by atoms with Crippen molar-refractivity contribution in [2.75, 3.05) is 33.2 Å². The molecule has 0 aromatic carbocycles. The summed E-state index contributed by atoms with van der Waals surface area (Å²) in [5, 5.41) is 0. The van der Waals surface area contributed by atoms with Crippen molar-refractivity contribution in [3.63, 3.8) is 0 Å². The Labute approximate surface area is 93.4 Å². The highest BCUT2D eigenvalue weighted by atomic mass is 16.2. The van der Waals surface area contributed by atoms with E-state index in [0.717, 1.165) is 13.1 Å². The maximum Gasteiger partial charge on any atom is 0.219 e. The Kier molecular flexibility index (Phi) is 4.14. The van der Waals surface area contributed by atoms with Gasteiger partial charge in [0.25, 0.3) is 0 Å². The van der Waals surface area contributed by atoms with Crippen molar-refractivity contribution in [2.24, 2.45) is 5.41 Å². The second-order valence-corrected chi connectivity index (χ2v) is 4.68. The fraction of sp³-hybridized carbons (Fsp3) is 0.917. The van der Waals surface area contributed by atoms with Crippen LogP contribution in [0.2, 0.25) is 0 Å². The maximum atomic E-state index is 11.0. The molecule has 88 valence electrons. The zero-order valence-corrected chi connectivity index (χ0v) is 10.5. The third-order valence-corrected chi connectivity index (χ3v) is 3.55. The largest absolute Gasteiger partial charge is 0.342 e. The number of piperidine rings is 1. The molecule has 0 aromatic heterocycles. The molecule has 2 fully saturated rings. The molecule has 0 atom stereocenters. The SMILES string of the molecule is CC.CC(=O)N1CC2(CCN(C)CC2)C1. The van der Waals surface area contributed by atoms with Crippen LogP contribution in [0.25, 0.3) is 0 Å². The summed E-state index contributed by atoms with van der Waals surface area (Å²) in [5.41, 5.74) is 0.498. The van der Waals surface area contributed by atoms with E-state index in [1.807, 2.05) is 18.7 Å². The van der Waals surface area contributed by atoms with Crippen LogP contribution in [0, 0.1) is 5.41 Å². The molecule has 0 bridgehead atoms. The predicted molar refractivity (Wildman–Crippen MR) is 62.8 cm³/mol. The lowest BCUT2D eigenvalue weighted by molar-refractivity contribution is -0.144. The van der Waals surface area contributed by atoms with E-state index in [4.69, 9.17) is 0 Å². The Morgan fingerprint density at radius 3 is 2.00 bits per heavy atom. The first-order valence-corrected chi connectivity index (χ1v) is 6.05. The second kappa shape index (κ2) is 4.97. The molecule has 2 aliphatic rings. The minimum atomic E-state index is 0.240. The Balaban J connectivity index is 0.000000531. The topological polar surface area (TPSA) is 23.6 Å². The molecule has 2 aliphatic heterocycles. The van der Waals surface area contributed by atoms with Gasteiger partial charge in [-0.05, 0) is 33.0 Å². The number of hydrogen-bond acceptors (Lipinski definition) is 2. The zero-order chi connectivity index (χ0) is 11.5. The number of nitrogens with zero attached hydrogens (tertiary/aromatic N) is 2. The number of likely N-dealkylation sites (tertiary alicyclic amines) is 2. The van der Waals surface area contributed by atoms with Gasteiger partial charge in [0.15, 0.2) is 0 Å². The summed E-state index contributed by atoms with van der Waals surface area (Å²) < 4.78 is 0. The molecule has 0 saturated carbocycles. The van der Waals surface area contributed by atoms with E-state index in [2.05, 4.69) is 11.9 Å². The van der Waals surface area contributed by atoms with Crippen molar-refractivity contribution in [1.82, 2.24) is 9.80 Å². The predicted octanol–water partition coefficient (Wildman–Crippen LogP) is 1.59. The summed E-state index contributed by atoms with van der Waals surface area (Å²) in [6.45, 7) is 10.1. The summed E-state index contributed by atoms with van der Waals surface area (Å²) in [6, 6.07) is 0. The normalized spacial score (nSPS) is 24.1. The molecule has 1 amide bonds. The van der Waals surface area contributed by atoms with Crippen LogP contribution in [-0.4, -0.2) is 48.9 Å². The fourth-order valence-electron chi connectivity index (χ4n) is 2.40. The summed E-state index contributed by atoms with van der Waals surface area (Å²) in [5.74, 6) is 0.240. The lowest BCUT2D eigenvalue weighted by atomic mass is 9.72. The van der Waals surface area contributed by atoms with Gasteiger partial charge >= 0.3 is 0 Å². The Hall–Kier alpha value is -0.570. The van der Waals surface area contributed by atoms with Crippen LogP contribution in [0.15, 0.2) is 0 Å². The molecule has 0 aliphatic carbocycles. The van der Waals surface area contributed by atoms with Crippen LogP contribution in [0.1, 0.15) is 33.6 Å². The molecular formula is C12H24N2O. The molecule has 2 rings (SSSR count). The average Bonchev–Trinajstić information content (AvgIpc) is 2.19. The lowest BCUT2D eigenvalue weighted by Gasteiger charge is -2.53. The minimum Gasteiger partial charge on any atom is -0.342 e. The average molecular weight is 212 g/mol. The van der Waals surface area contributed by atoms with Crippen LogP contribution in [0.5, 0.6) is 0 Å². The first-order chi connectivity index (χ1) is 7.11. The van der Waals surface area contributed by atoms with Gasteiger partial charge in [0.2, 0.25) is 5.91 Å². The Morgan fingerprint density at radius 1 is 1.13 bits per heavy atom. The van der Waals surface area contributed by atoms with Crippen molar-refractivity contribution >= 4 is 5.91 Å². The molecule has 2 heterocycles. The van der Waals surface area contributed by atoms with Gasteiger partial charge < -0.3 is 9.80 Å². The molecule has 3 nitrogen and oxygen atoms in total.